The summed E-state index contributed by atoms with van der Waals surface area (Å²) in [6.07, 6.45) is 5.02. The predicted molar refractivity (Wildman–Crippen MR) is 74.2 cm³/mol. The SMILES string of the molecule is CC1CCCC(Nc2nnnn2-c2ccccc2)C1. The van der Waals surface area contributed by atoms with E-state index in [0.29, 0.717) is 6.04 Å². The standard InChI is InChI=1S/C14H19N5/c1-11-6-5-7-12(10-11)15-14-16-17-18-19(14)13-8-3-2-4-9-13/h2-4,8-9,11-12H,5-7,10H2,1H3,(H,15,16,18). The van der Waals surface area contributed by atoms with Crippen molar-refractivity contribution in [3.63, 3.8) is 0 Å². The lowest BCUT2D eigenvalue weighted by molar-refractivity contribution is 0.357. The summed E-state index contributed by atoms with van der Waals surface area (Å²) in [5.74, 6) is 1.53. The van der Waals surface area contributed by atoms with Crippen LogP contribution in [0.5, 0.6) is 0 Å². The molecule has 1 saturated carbocycles. The Balaban J connectivity index is 1.77. The van der Waals surface area contributed by atoms with Crippen molar-refractivity contribution in [1.29, 1.82) is 0 Å². The van der Waals surface area contributed by atoms with Gasteiger partial charge in [-0.05, 0) is 41.3 Å². The van der Waals surface area contributed by atoms with Crippen molar-refractivity contribution in [3.05, 3.63) is 30.3 Å². The lowest BCUT2D eigenvalue weighted by Gasteiger charge is -2.27. The molecule has 0 radical (unpaired) electrons. The minimum absolute atomic E-state index is 0.484. The molecule has 0 amide bonds. The molecule has 0 spiro atoms. The smallest absolute Gasteiger partial charge is 0.247 e. The van der Waals surface area contributed by atoms with Crippen molar-refractivity contribution < 1.29 is 0 Å². The molecule has 5 heteroatoms. The minimum Gasteiger partial charge on any atom is -0.350 e. The molecule has 1 fully saturated rings. The Bertz CT molecular complexity index is 522. The van der Waals surface area contributed by atoms with E-state index in [4.69, 9.17) is 0 Å². The fourth-order valence-corrected chi connectivity index (χ4v) is 2.77. The molecule has 0 bridgehead atoms. The molecule has 1 heterocycles. The van der Waals surface area contributed by atoms with Crippen molar-refractivity contribution in [2.45, 2.75) is 38.6 Å². The van der Waals surface area contributed by atoms with Crippen molar-refractivity contribution in [2.24, 2.45) is 5.92 Å². The average Bonchev–Trinajstić information content (AvgIpc) is 2.88. The zero-order valence-electron chi connectivity index (χ0n) is 11.2. The lowest BCUT2D eigenvalue weighted by Crippen LogP contribution is -2.27. The molecule has 5 nitrogen and oxygen atoms in total. The number of benzene rings is 1. The number of aromatic nitrogens is 4. The van der Waals surface area contributed by atoms with Gasteiger partial charge in [-0.2, -0.15) is 4.68 Å². The number of para-hydroxylation sites is 1. The van der Waals surface area contributed by atoms with Gasteiger partial charge in [0.1, 0.15) is 0 Å². The van der Waals surface area contributed by atoms with E-state index in [1.807, 2.05) is 30.3 Å². The third kappa shape index (κ3) is 2.75. The highest BCUT2D eigenvalue weighted by molar-refractivity contribution is 5.38. The fraction of sp³-hybridized carbons (Fsp3) is 0.500. The molecule has 1 aliphatic rings. The van der Waals surface area contributed by atoms with Gasteiger partial charge in [-0.15, -0.1) is 0 Å². The van der Waals surface area contributed by atoms with Crippen LogP contribution in [0.4, 0.5) is 5.95 Å². The van der Waals surface area contributed by atoms with Gasteiger partial charge in [0.2, 0.25) is 5.95 Å². The summed E-state index contributed by atoms with van der Waals surface area (Å²) in [5.41, 5.74) is 0.985. The zero-order chi connectivity index (χ0) is 13.1. The van der Waals surface area contributed by atoms with E-state index in [-0.39, 0.29) is 0 Å². The highest BCUT2D eigenvalue weighted by atomic mass is 15.6. The number of rotatable bonds is 3. The third-order valence-electron chi connectivity index (χ3n) is 3.74. The quantitative estimate of drug-likeness (QED) is 0.918. The number of tetrazole rings is 1. The Hall–Kier alpha value is -1.91. The van der Waals surface area contributed by atoms with Crippen LogP contribution in [0.2, 0.25) is 0 Å². The van der Waals surface area contributed by atoms with Crippen LogP contribution in [-0.4, -0.2) is 26.2 Å². The summed E-state index contributed by atoms with van der Waals surface area (Å²) in [4.78, 5) is 0. The van der Waals surface area contributed by atoms with Crippen LogP contribution < -0.4 is 5.32 Å². The average molecular weight is 257 g/mol. The van der Waals surface area contributed by atoms with Gasteiger partial charge in [0.25, 0.3) is 0 Å². The maximum Gasteiger partial charge on any atom is 0.247 e. The first kappa shape index (κ1) is 12.1. The van der Waals surface area contributed by atoms with Gasteiger partial charge in [0, 0.05) is 6.04 Å². The van der Waals surface area contributed by atoms with Crippen LogP contribution in [0, 0.1) is 5.92 Å². The minimum atomic E-state index is 0.484. The van der Waals surface area contributed by atoms with E-state index >= 15 is 0 Å². The molecule has 1 aliphatic carbocycles. The lowest BCUT2D eigenvalue weighted by atomic mass is 9.87. The molecule has 3 rings (SSSR count). The van der Waals surface area contributed by atoms with Gasteiger partial charge in [-0.1, -0.05) is 43.1 Å². The summed E-state index contributed by atoms with van der Waals surface area (Å²) < 4.78 is 1.76. The second-order valence-electron chi connectivity index (χ2n) is 5.36. The second-order valence-corrected chi connectivity index (χ2v) is 5.36. The number of hydrogen-bond donors (Lipinski definition) is 1. The first-order chi connectivity index (χ1) is 9.33. The monoisotopic (exact) mass is 257 g/mol. The van der Waals surface area contributed by atoms with Gasteiger partial charge >= 0.3 is 0 Å². The van der Waals surface area contributed by atoms with Crippen molar-refractivity contribution >= 4 is 5.95 Å². The number of anilines is 1. The van der Waals surface area contributed by atoms with E-state index in [9.17, 15) is 0 Å². The molecule has 100 valence electrons. The van der Waals surface area contributed by atoms with Crippen LogP contribution in [0.1, 0.15) is 32.6 Å². The highest BCUT2D eigenvalue weighted by Gasteiger charge is 2.20. The number of hydrogen-bond acceptors (Lipinski definition) is 4. The summed E-state index contributed by atoms with van der Waals surface area (Å²) in [6.45, 7) is 2.31. The molecule has 1 aromatic heterocycles. The molecule has 2 unspecified atom stereocenters. The highest BCUT2D eigenvalue weighted by Crippen LogP contribution is 2.25. The van der Waals surface area contributed by atoms with Crippen molar-refractivity contribution in [2.75, 3.05) is 5.32 Å². The summed E-state index contributed by atoms with van der Waals surface area (Å²) in [7, 11) is 0. The van der Waals surface area contributed by atoms with Crippen LogP contribution in [-0.2, 0) is 0 Å². The van der Waals surface area contributed by atoms with Crippen LogP contribution >= 0.6 is 0 Å². The van der Waals surface area contributed by atoms with Gasteiger partial charge in [-0.3, -0.25) is 0 Å². The molecule has 2 atom stereocenters. The molecular weight excluding hydrogens is 238 g/mol. The number of nitrogens with one attached hydrogen (secondary N) is 1. The van der Waals surface area contributed by atoms with E-state index in [0.717, 1.165) is 17.6 Å². The Kier molecular flexibility index (Phi) is 3.44. The van der Waals surface area contributed by atoms with E-state index in [1.165, 1.54) is 25.7 Å². The van der Waals surface area contributed by atoms with Crippen LogP contribution in [0.25, 0.3) is 5.69 Å². The molecule has 0 saturated heterocycles. The Morgan fingerprint density at radius 1 is 1.21 bits per heavy atom. The molecular formula is C14H19N5. The largest absolute Gasteiger partial charge is 0.350 e. The first-order valence-corrected chi connectivity index (χ1v) is 6.93. The summed E-state index contributed by atoms with van der Waals surface area (Å²) in [6, 6.07) is 10.5. The van der Waals surface area contributed by atoms with Crippen LogP contribution in [0.15, 0.2) is 30.3 Å². The second kappa shape index (κ2) is 5.38. The topological polar surface area (TPSA) is 55.6 Å². The molecule has 1 N–H and O–H groups in total. The zero-order valence-corrected chi connectivity index (χ0v) is 11.2. The fourth-order valence-electron chi connectivity index (χ4n) is 2.77. The Labute approximate surface area is 113 Å². The Morgan fingerprint density at radius 3 is 2.84 bits per heavy atom. The molecule has 1 aromatic carbocycles. The Morgan fingerprint density at radius 2 is 2.05 bits per heavy atom. The third-order valence-corrected chi connectivity index (χ3v) is 3.74. The molecule has 2 aromatic rings. The first-order valence-electron chi connectivity index (χ1n) is 6.93. The van der Waals surface area contributed by atoms with E-state index < -0.39 is 0 Å². The van der Waals surface area contributed by atoms with Gasteiger partial charge in [0.05, 0.1) is 5.69 Å². The summed E-state index contributed by atoms with van der Waals surface area (Å²) in [5, 5.41) is 15.4. The van der Waals surface area contributed by atoms with Gasteiger partial charge in [-0.25, -0.2) is 0 Å². The normalized spacial score (nSPS) is 23.2. The maximum absolute atomic E-state index is 4.10. The van der Waals surface area contributed by atoms with Gasteiger partial charge < -0.3 is 5.32 Å². The van der Waals surface area contributed by atoms with E-state index in [1.54, 1.807) is 4.68 Å². The van der Waals surface area contributed by atoms with Gasteiger partial charge in [0.15, 0.2) is 0 Å². The van der Waals surface area contributed by atoms with Crippen molar-refractivity contribution in [1.82, 2.24) is 20.2 Å². The molecule has 19 heavy (non-hydrogen) atoms. The maximum atomic E-state index is 4.10. The summed E-state index contributed by atoms with van der Waals surface area (Å²) >= 11 is 0. The number of nitrogens with zero attached hydrogens (tertiary/aromatic N) is 4. The van der Waals surface area contributed by atoms with Crippen LogP contribution in [0.3, 0.4) is 0 Å². The predicted octanol–water partition coefficient (Wildman–Crippen LogP) is 2.65. The molecule has 0 aliphatic heterocycles. The van der Waals surface area contributed by atoms with Crippen molar-refractivity contribution in [3.8, 4) is 5.69 Å². The van der Waals surface area contributed by atoms with E-state index in [2.05, 4.69) is 27.8 Å².